The number of carbonyl (C=O) groups is 1. The Bertz CT molecular complexity index is 458. The molecular formula is C15H18BrNO2. The highest BCUT2D eigenvalue weighted by Crippen LogP contribution is 2.49. The molecule has 4 heteroatoms. The Morgan fingerprint density at radius 2 is 2.11 bits per heavy atom. The monoisotopic (exact) mass is 323 g/mol. The number of morpholine rings is 1. The quantitative estimate of drug-likeness (QED) is 0.799. The molecular weight excluding hydrogens is 306 g/mol. The van der Waals surface area contributed by atoms with Crippen molar-refractivity contribution < 1.29 is 9.53 Å². The third-order valence-corrected chi connectivity index (χ3v) is 4.90. The van der Waals surface area contributed by atoms with Crippen molar-refractivity contribution in [1.29, 1.82) is 0 Å². The summed E-state index contributed by atoms with van der Waals surface area (Å²) in [7, 11) is 0. The second-order valence-electron chi connectivity index (χ2n) is 5.33. The predicted molar refractivity (Wildman–Crippen MR) is 77.5 cm³/mol. The van der Waals surface area contributed by atoms with Crippen LogP contribution in [0.3, 0.4) is 0 Å². The highest BCUT2D eigenvalue weighted by Gasteiger charge is 2.53. The van der Waals surface area contributed by atoms with Gasteiger partial charge >= 0.3 is 0 Å². The van der Waals surface area contributed by atoms with Gasteiger partial charge in [0.05, 0.1) is 24.7 Å². The topological polar surface area (TPSA) is 29.5 Å². The highest BCUT2D eigenvalue weighted by molar-refractivity contribution is 9.09. The molecule has 2 fully saturated rings. The Morgan fingerprint density at radius 1 is 1.37 bits per heavy atom. The van der Waals surface area contributed by atoms with E-state index in [-0.39, 0.29) is 17.4 Å². The average molecular weight is 324 g/mol. The minimum Gasteiger partial charge on any atom is -0.377 e. The molecule has 1 saturated heterocycles. The van der Waals surface area contributed by atoms with Crippen LogP contribution in [0.5, 0.6) is 0 Å². The minimum atomic E-state index is -0.251. The average Bonchev–Trinajstić information content (AvgIpc) is 3.29. The number of ether oxygens (including phenoxy) is 1. The van der Waals surface area contributed by atoms with E-state index in [1.54, 1.807) is 0 Å². The summed E-state index contributed by atoms with van der Waals surface area (Å²) in [5, 5.41) is 0.781. The number of rotatable bonds is 3. The first-order valence-electron chi connectivity index (χ1n) is 6.78. The minimum absolute atomic E-state index is 0.169. The number of amides is 1. The molecule has 1 saturated carbocycles. The summed E-state index contributed by atoms with van der Waals surface area (Å²) in [6, 6.07) is 10.4. The first-order valence-corrected chi connectivity index (χ1v) is 7.90. The normalized spacial score (nSPS) is 25.1. The predicted octanol–water partition coefficient (Wildman–Crippen LogP) is 2.34. The molecule has 1 amide bonds. The van der Waals surface area contributed by atoms with E-state index < -0.39 is 0 Å². The number of alkyl halides is 1. The SMILES string of the molecule is O=C(N1CCOCC1CBr)C1(c2ccccc2)CC1. The number of benzene rings is 1. The number of halogens is 1. The van der Waals surface area contributed by atoms with E-state index in [2.05, 4.69) is 28.1 Å². The molecule has 1 aliphatic heterocycles. The molecule has 2 aliphatic rings. The molecule has 0 radical (unpaired) electrons. The fourth-order valence-corrected chi connectivity index (χ4v) is 3.37. The van der Waals surface area contributed by atoms with Crippen LogP contribution in [0.1, 0.15) is 18.4 Å². The van der Waals surface area contributed by atoms with Crippen LogP contribution in [0.2, 0.25) is 0 Å². The molecule has 0 aromatic heterocycles. The largest absolute Gasteiger partial charge is 0.377 e. The Labute approximate surface area is 122 Å². The Hall–Kier alpha value is -0.870. The Balaban J connectivity index is 1.83. The van der Waals surface area contributed by atoms with Crippen molar-refractivity contribution in [3.05, 3.63) is 35.9 Å². The maximum Gasteiger partial charge on any atom is 0.233 e. The van der Waals surface area contributed by atoms with Gasteiger partial charge in [-0.3, -0.25) is 4.79 Å². The van der Waals surface area contributed by atoms with Crippen molar-refractivity contribution >= 4 is 21.8 Å². The van der Waals surface area contributed by atoms with Gasteiger partial charge in [-0.25, -0.2) is 0 Å². The molecule has 1 aromatic rings. The number of carbonyl (C=O) groups excluding carboxylic acids is 1. The van der Waals surface area contributed by atoms with Crippen LogP contribution in [-0.2, 0) is 14.9 Å². The van der Waals surface area contributed by atoms with E-state index in [1.807, 2.05) is 23.1 Å². The van der Waals surface area contributed by atoms with E-state index in [0.717, 1.165) is 18.2 Å². The molecule has 1 aromatic carbocycles. The Kier molecular flexibility index (Phi) is 3.63. The lowest BCUT2D eigenvalue weighted by Gasteiger charge is -2.37. The molecule has 19 heavy (non-hydrogen) atoms. The molecule has 1 atom stereocenters. The lowest BCUT2D eigenvalue weighted by Crippen LogP contribution is -2.52. The van der Waals surface area contributed by atoms with Gasteiger partial charge in [-0.1, -0.05) is 46.3 Å². The number of hydrogen-bond donors (Lipinski definition) is 0. The second kappa shape index (κ2) is 5.25. The summed E-state index contributed by atoms with van der Waals surface area (Å²) in [6.45, 7) is 2.01. The second-order valence-corrected chi connectivity index (χ2v) is 5.98. The van der Waals surface area contributed by atoms with Crippen LogP contribution in [0.15, 0.2) is 30.3 Å². The van der Waals surface area contributed by atoms with E-state index in [0.29, 0.717) is 19.8 Å². The molecule has 102 valence electrons. The molecule has 1 aliphatic carbocycles. The fourth-order valence-electron chi connectivity index (χ4n) is 2.83. The summed E-state index contributed by atoms with van der Waals surface area (Å²) >= 11 is 3.49. The third-order valence-electron chi connectivity index (χ3n) is 4.15. The summed E-state index contributed by atoms with van der Waals surface area (Å²) in [4.78, 5) is 14.9. The maximum atomic E-state index is 12.9. The first-order chi connectivity index (χ1) is 9.28. The number of hydrogen-bond acceptors (Lipinski definition) is 2. The highest BCUT2D eigenvalue weighted by atomic mass is 79.9. The van der Waals surface area contributed by atoms with Crippen LogP contribution >= 0.6 is 15.9 Å². The maximum absolute atomic E-state index is 12.9. The zero-order chi connectivity index (χ0) is 13.3. The first kappa shape index (κ1) is 13.1. The van der Waals surface area contributed by atoms with Gasteiger partial charge in [0, 0.05) is 11.9 Å². The van der Waals surface area contributed by atoms with Gasteiger partial charge in [0.2, 0.25) is 5.91 Å². The van der Waals surface area contributed by atoms with Crippen molar-refractivity contribution in [1.82, 2.24) is 4.90 Å². The van der Waals surface area contributed by atoms with E-state index in [4.69, 9.17) is 4.74 Å². The van der Waals surface area contributed by atoms with Crippen molar-refractivity contribution in [2.45, 2.75) is 24.3 Å². The molecule has 3 nitrogen and oxygen atoms in total. The van der Waals surface area contributed by atoms with Crippen LogP contribution in [0, 0.1) is 0 Å². The lowest BCUT2D eigenvalue weighted by atomic mass is 9.93. The summed E-state index contributed by atoms with van der Waals surface area (Å²) in [5.41, 5.74) is 0.916. The molecule has 0 N–H and O–H groups in total. The Morgan fingerprint density at radius 3 is 2.74 bits per heavy atom. The summed E-state index contributed by atoms with van der Waals surface area (Å²) < 4.78 is 5.47. The smallest absolute Gasteiger partial charge is 0.233 e. The van der Waals surface area contributed by atoms with Crippen molar-refractivity contribution in [2.75, 3.05) is 25.1 Å². The van der Waals surface area contributed by atoms with Crippen molar-refractivity contribution in [2.24, 2.45) is 0 Å². The van der Waals surface area contributed by atoms with Gasteiger partial charge in [-0.15, -0.1) is 0 Å². The zero-order valence-corrected chi connectivity index (χ0v) is 12.4. The molecule has 0 spiro atoms. The van der Waals surface area contributed by atoms with Crippen LogP contribution in [0.4, 0.5) is 0 Å². The molecule has 1 heterocycles. The van der Waals surface area contributed by atoms with Gasteiger partial charge < -0.3 is 9.64 Å². The van der Waals surface area contributed by atoms with E-state index in [9.17, 15) is 4.79 Å². The zero-order valence-electron chi connectivity index (χ0n) is 10.8. The summed E-state index contributed by atoms with van der Waals surface area (Å²) in [6.07, 6.45) is 1.95. The lowest BCUT2D eigenvalue weighted by molar-refractivity contribution is -0.141. The van der Waals surface area contributed by atoms with Crippen LogP contribution in [-0.4, -0.2) is 41.9 Å². The standard InChI is InChI=1S/C15H18BrNO2/c16-10-13-11-19-9-8-17(13)14(18)15(6-7-15)12-4-2-1-3-5-12/h1-5,13H,6-11H2. The molecule has 3 rings (SSSR count). The van der Waals surface area contributed by atoms with Gasteiger partial charge in [0.15, 0.2) is 0 Å². The molecule has 0 bridgehead atoms. The van der Waals surface area contributed by atoms with Gasteiger partial charge in [0.1, 0.15) is 0 Å². The molecule has 1 unspecified atom stereocenters. The van der Waals surface area contributed by atoms with E-state index >= 15 is 0 Å². The van der Waals surface area contributed by atoms with Gasteiger partial charge in [-0.2, -0.15) is 0 Å². The van der Waals surface area contributed by atoms with Crippen LogP contribution < -0.4 is 0 Å². The van der Waals surface area contributed by atoms with Crippen molar-refractivity contribution in [3.8, 4) is 0 Å². The summed E-state index contributed by atoms with van der Waals surface area (Å²) in [5.74, 6) is 0.284. The van der Waals surface area contributed by atoms with E-state index in [1.165, 1.54) is 5.56 Å². The van der Waals surface area contributed by atoms with Crippen LogP contribution in [0.25, 0.3) is 0 Å². The van der Waals surface area contributed by atoms with Gasteiger partial charge in [-0.05, 0) is 18.4 Å². The third kappa shape index (κ3) is 2.32. The van der Waals surface area contributed by atoms with Crippen molar-refractivity contribution in [3.63, 3.8) is 0 Å². The fraction of sp³-hybridized carbons (Fsp3) is 0.533. The number of nitrogens with zero attached hydrogens (tertiary/aromatic N) is 1. The van der Waals surface area contributed by atoms with Gasteiger partial charge in [0.25, 0.3) is 0 Å².